The first-order valence-corrected chi connectivity index (χ1v) is 6.72. The third-order valence-electron chi connectivity index (χ3n) is 3.39. The van der Waals surface area contributed by atoms with Crippen LogP contribution in [0.3, 0.4) is 0 Å². The first-order valence-electron chi connectivity index (χ1n) is 5.84. The molecule has 0 radical (unpaired) electrons. The summed E-state index contributed by atoms with van der Waals surface area (Å²) in [7, 11) is 0. The summed E-state index contributed by atoms with van der Waals surface area (Å²) in [6.45, 7) is 4.54. The molecule has 0 saturated carbocycles. The Balaban J connectivity index is 1.72. The molecule has 2 aliphatic rings. The van der Waals surface area contributed by atoms with Crippen LogP contribution in [0.15, 0.2) is 11.4 Å². The summed E-state index contributed by atoms with van der Waals surface area (Å²) in [5, 5.41) is 2.20. The van der Waals surface area contributed by atoms with E-state index in [0.717, 1.165) is 19.6 Å². The van der Waals surface area contributed by atoms with E-state index in [2.05, 4.69) is 16.3 Å². The van der Waals surface area contributed by atoms with E-state index >= 15 is 0 Å². The number of likely N-dealkylation sites (tertiary alicyclic amines) is 1. The van der Waals surface area contributed by atoms with Gasteiger partial charge in [0.1, 0.15) is 6.10 Å². The maximum atomic E-state index is 5.89. The molecule has 0 aromatic carbocycles. The summed E-state index contributed by atoms with van der Waals surface area (Å²) in [4.78, 5) is 4.02. The number of rotatable bonds is 2. The fourth-order valence-electron chi connectivity index (χ4n) is 2.56. The van der Waals surface area contributed by atoms with Crippen molar-refractivity contribution in [2.24, 2.45) is 0 Å². The molecule has 0 unspecified atom stereocenters. The highest BCUT2D eigenvalue weighted by molar-refractivity contribution is 7.10. The van der Waals surface area contributed by atoms with E-state index in [-0.39, 0.29) is 0 Å². The Morgan fingerprint density at radius 3 is 3.13 bits per heavy atom. The largest absolute Gasteiger partial charge is 0.371 e. The lowest BCUT2D eigenvalue weighted by Crippen LogP contribution is -2.29. The molecule has 82 valence electrons. The van der Waals surface area contributed by atoms with E-state index in [1.165, 1.54) is 36.4 Å². The average Bonchev–Trinajstić information content (AvgIpc) is 2.87. The van der Waals surface area contributed by atoms with Gasteiger partial charge >= 0.3 is 0 Å². The van der Waals surface area contributed by atoms with Gasteiger partial charge in [-0.2, -0.15) is 0 Å². The van der Waals surface area contributed by atoms with E-state index in [1.54, 1.807) is 0 Å². The van der Waals surface area contributed by atoms with Gasteiger partial charge < -0.3 is 9.64 Å². The molecular formula is C12H17NOS. The molecule has 0 N–H and O–H groups in total. The number of ether oxygens (including phenoxy) is 1. The van der Waals surface area contributed by atoms with E-state index in [1.807, 2.05) is 11.3 Å². The van der Waals surface area contributed by atoms with E-state index in [4.69, 9.17) is 4.74 Å². The molecule has 15 heavy (non-hydrogen) atoms. The molecule has 0 amide bonds. The Hall–Kier alpha value is -0.380. The summed E-state index contributed by atoms with van der Waals surface area (Å²) in [6, 6.07) is 2.26. The Morgan fingerprint density at radius 1 is 1.40 bits per heavy atom. The molecule has 1 saturated heterocycles. The van der Waals surface area contributed by atoms with Crippen LogP contribution in [0.5, 0.6) is 0 Å². The zero-order valence-electron chi connectivity index (χ0n) is 8.95. The number of nitrogens with zero attached hydrogens (tertiary/aromatic N) is 1. The van der Waals surface area contributed by atoms with Crippen molar-refractivity contribution < 1.29 is 4.74 Å². The van der Waals surface area contributed by atoms with Crippen molar-refractivity contribution in [2.75, 3.05) is 26.2 Å². The topological polar surface area (TPSA) is 12.5 Å². The van der Waals surface area contributed by atoms with E-state index in [9.17, 15) is 0 Å². The number of hydrogen-bond donors (Lipinski definition) is 0. The van der Waals surface area contributed by atoms with Crippen molar-refractivity contribution in [2.45, 2.75) is 25.4 Å². The molecule has 0 spiro atoms. The Morgan fingerprint density at radius 2 is 2.27 bits per heavy atom. The monoisotopic (exact) mass is 223 g/mol. The van der Waals surface area contributed by atoms with Gasteiger partial charge in [-0.1, -0.05) is 0 Å². The minimum atomic E-state index is 0.354. The van der Waals surface area contributed by atoms with Crippen molar-refractivity contribution in [3.05, 3.63) is 21.9 Å². The highest BCUT2D eigenvalue weighted by atomic mass is 32.1. The standard InChI is InChI=1S/C12H17NOS/c1-2-6-13(5-1)9-11-12-10(3-7-14-11)4-8-15-12/h4,8,11H,1-3,5-7,9H2/t11-/m0/s1. The smallest absolute Gasteiger partial charge is 0.105 e. The number of fused-ring (bicyclic) bond motifs is 1. The molecule has 1 aromatic heterocycles. The first-order chi connectivity index (χ1) is 7.43. The third kappa shape index (κ3) is 1.96. The summed E-state index contributed by atoms with van der Waals surface area (Å²) in [5.74, 6) is 0. The predicted molar refractivity (Wildman–Crippen MR) is 62.4 cm³/mol. The lowest BCUT2D eigenvalue weighted by atomic mass is 10.1. The van der Waals surface area contributed by atoms with Crippen LogP contribution < -0.4 is 0 Å². The summed E-state index contributed by atoms with van der Waals surface area (Å²) in [6.07, 6.45) is 4.19. The Labute approximate surface area is 94.9 Å². The minimum Gasteiger partial charge on any atom is -0.371 e. The van der Waals surface area contributed by atoms with Gasteiger partial charge in [0.05, 0.1) is 6.61 Å². The Kier molecular flexibility index (Phi) is 2.77. The maximum absolute atomic E-state index is 5.89. The predicted octanol–water partition coefficient (Wildman–Crippen LogP) is 2.46. The lowest BCUT2D eigenvalue weighted by Gasteiger charge is -2.27. The molecule has 2 aliphatic heterocycles. The zero-order chi connectivity index (χ0) is 10.1. The van der Waals surface area contributed by atoms with Crippen molar-refractivity contribution >= 4 is 11.3 Å². The average molecular weight is 223 g/mol. The molecule has 0 aliphatic carbocycles. The molecule has 1 aromatic rings. The highest BCUT2D eigenvalue weighted by Crippen LogP contribution is 2.32. The molecule has 1 atom stereocenters. The molecular weight excluding hydrogens is 206 g/mol. The normalized spacial score (nSPS) is 26.8. The molecule has 3 heterocycles. The second-order valence-corrected chi connectivity index (χ2v) is 5.37. The number of thiophene rings is 1. The Bertz CT molecular complexity index is 330. The van der Waals surface area contributed by atoms with Crippen molar-refractivity contribution in [3.63, 3.8) is 0 Å². The van der Waals surface area contributed by atoms with Gasteiger partial charge in [0.15, 0.2) is 0 Å². The fourth-order valence-corrected chi connectivity index (χ4v) is 3.55. The van der Waals surface area contributed by atoms with Crippen LogP contribution in [0.2, 0.25) is 0 Å². The summed E-state index contributed by atoms with van der Waals surface area (Å²) >= 11 is 1.87. The van der Waals surface area contributed by atoms with Crippen LogP contribution in [0.1, 0.15) is 29.4 Å². The van der Waals surface area contributed by atoms with E-state index < -0.39 is 0 Å². The molecule has 0 bridgehead atoms. The third-order valence-corrected chi connectivity index (χ3v) is 4.44. The lowest BCUT2D eigenvalue weighted by molar-refractivity contribution is 0.0234. The number of hydrogen-bond acceptors (Lipinski definition) is 3. The zero-order valence-corrected chi connectivity index (χ0v) is 9.76. The quantitative estimate of drug-likeness (QED) is 0.763. The van der Waals surface area contributed by atoms with Crippen LogP contribution >= 0.6 is 11.3 Å². The molecule has 3 heteroatoms. The van der Waals surface area contributed by atoms with Gasteiger partial charge in [0.2, 0.25) is 0 Å². The molecule has 3 rings (SSSR count). The molecule has 1 fully saturated rings. The summed E-state index contributed by atoms with van der Waals surface area (Å²) in [5.41, 5.74) is 1.52. The van der Waals surface area contributed by atoms with Crippen molar-refractivity contribution in [3.8, 4) is 0 Å². The van der Waals surface area contributed by atoms with E-state index in [0.29, 0.717) is 6.10 Å². The minimum absolute atomic E-state index is 0.354. The fraction of sp³-hybridized carbons (Fsp3) is 0.667. The maximum Gasteiger partial charge on any atom is 0.105 e. The second-order valence-electron chi connectivity index (χ2n) is 4.43. The van der Waals surface area contributed by atoms with Gasteiger partial charge in [0, 0.05) is 11.4 Å². The van der Waals surface area contributed by atoms with Crippen LogP contribution in [0, 0.1) is 0 Å². The van der Waals surface area contributed by atoms with Crippen LogP contribution in [0.25, 0.3) is 0 Å². The second kappa shape index (κ2) is 4.24. The van der Waals surface area contributed by atoms with Gasteiger partial charge in [-0.05, 0) is 49.4 Å². The van der Waals surface area contributed by atoms with Crippen molar-refractivity contribution in [1.82, 2.24) is 4.90 Å². The van der Waals surface area contributed by atoms with Crippen LogP contribution in [0.4, 0.5) is 0 Å². The van der Waals surface area contributed by atoms with Crippen LogP contribution in [-0.4, -0.2) is 31.1 Å². The highest BCUT2D eigenvalue weighted by Gasteiger charge is 2.25. The van der Waals surface area contributed by atoms with Gasteiger partial charge in [-0.3, -0.25) is 0 Å². The van der Waals surface area contributed by atoms with Gasteiger partial charge in [-0.15, -0.1) is 11.3 Å². The van der Waals surface area contributed by atoms with Crippen molar-refractivity contribution in [1.29, 1.82) is 0 Å². The van der Waals surface area contributed by atoms with Gasteiger partial charge in [-0.25, -0.2) is 0 Å². The van der Waals surface area contributed by atoms with Crippen LogP contribution in [-0.2, 0) is 11.2 Å². The summed E-state index contributed by atoms with van der Waals surface area (Å²) < 4.78 is 5.89. The first kappa shape index (κ1) is 9.82. The SMILES string of the molecule is c1cc2c(s1)[C@H](CN1CCCC1)OCC2. The van der Waals surface area contributed by atoms with Gasteiger partial charge in [0.25, 0.3) is 0 Å². The molecule has 2 nitrogen and oxygen atoms in total.